The smallest absolute Gasteiger partial charge is 0.236 e. The molecule has 0 unspecified atom stereocenters. The van der Waals surface area contributed by atoms with E-state index in [9.17, 15) is 9.90 Å². The van der Waals surface area contributed by atoms with Gasteiger partial charge in [0.1, 0.15) is 5.75 Å². The van der Waals surface area contributed by atoms with Crippen LogP contribution in [-0.4, -0.2) is 17.2 Å². The van der Waals surface area contributed by atoms with Gasteiger partial charge in [-0.05, 0) is 18.2 Å². The normalized spacial score (nSPS) is 10.4. The Labute approximate surface area is 89.8 Å². The molecule has 1 aromatic rings. The highest BCUT2D eigenvalue weighted by molar-refractivity contribution is 9.10. The lowest BCUT2D eigenvalue weighted by molar-refractivity contribution is -0.118. The first kappa shape index (κ1) is 10.7. The molecule has 5 heteroatoms. The Morgan fingerprint density at radius 2 is 2.36 bits per heavy atom. The number of halogens is 1. The van der Waals surface area contributed by atoms with Crippen molar-refractivity contribution >= 4 is 28.1 Å². The predicted molar refractivity (Wildman–Crippen MR) is 57.2 cm³/mol. The fraction of sp³-hybridized carbons (Fsp3) is 0.111. The molecular formula is C9H9BrN2O2. The van der Waals surface area contributed by atoms with E-state index in [1.165, 1.54) is 13.1 Å². The van der Waals surface area contributed by atoms with Crippen molar-refractivity contribution in [2.24, 2.45) is 5.10 Å². The van der Waals surface area contributed by atoms with Gasteiger partial charge in [0.25, 0.3) is 0 Å². The average Bonchev–Trinajstić information content (AvgIpc) is 2.10. The van der Waals surface area contributed by atoms with Crippen molar-refractivity contribution in [3.05, 3.63) is 28.2 Å². The van der Waals surface area contributed by atoms with E-state index < -0.39 is 0 Å². The minimum Gasteiger partial charge on any atom is -0.507 e. The summed E-state index contributed by atoms with van der Waals surface area (Å²) >= 11 is 3.26. The van der Waals surface area contributed by atoms with E-state index in [0.717, 1.165) is 4.47 Å². The number of carbonyl (C=O) groups is 1. The molecule has 14 heavy (non-hydrogen) atoms. The molecular weight excluding hydrogens is 248 g/mol. The van der Waals surface area contributed by atoms with Gasteiger partial charge in [0.15, 0.2) is 0 Å². The third-order valence-electron chi connectivity index (χ3n) is 1.42. The number of nitrogens with one attached hydrogen (secondary N) is 1. The number of carbonyl (C=O) groups excluding carboxylic acids is 1. The van der Waals surface area contributed by atoms with Crippen LogP contribution < -0.4 is 5.43 Å². The SMILES string of the molecule is CC(=O)NN=Cc1cc(Br)ccc1O. The molecule has 1 aromatic carbocycles. The number of aromatic hydroxyl groups is 1. The number of benzene rings is 1. The number of hydrogen-bond acceptors (Lipinski definition) is 3. The Hall–Kier alpha value is -1.36. The zero-order chi connectivity index (χ0) is 10.6. The number of phenols is 1. The van der Waals surface area contributed by atoms with Gasteiger partial charge in [-0.25, -0.2) is 5.43 Å². The second-order valence-electron chi connectivity index (χ2n) is 2.63. The fourth-order valence-corrected chi connectivity index (χ4v) is 1.20. The largest absolute Gasteiger partial charge is 0.507 e. The monoisotopic (exact) mass is 256 g/mol. The highest BCUT2D eigenvalue weighted by Crippen LogP contribution is 2.19. The van der Waals surface area contributed by atoms with E-state index in [4.69, 9.17) is 0 Å². The zero-order valence-corrected chi connectivity index (χ0v) is 9.08. The Balaban J connectivity index is 2.80. The Morgan fingerprint density at radius 3 is 3.00 bits per heavy atom. The lowest BCUT2D eigenvalue weighted by Gasteiger charge is -1.98. The molecule has 0 spiro atoms. The first-order valence-electron chi connectivity index (χ1n) is 3.88. The summed E-state index contributed by atoms with van der Waals surface area (Å²) < 4.78 is 0.833. The van der Waals surface area contributed by atoms with Crippen LogP contribution in [0.4, 0.5) is 0 Å². The third kappa shape index (κ3) is 3.18. The van der Waals surface area contributed by atoms with Gasteiger partial charge in [-0.2, -0.15) is 5.10 Å². The number of amides is 1. The molecule has 74 valence electrons. The summed E-state index contributed by atoms with van der Waals surface area (Å²) in [4.78, 5) is 10.5. The van der Waals surface area contributed by atoms with Crippen molar-refractivity contribution in [1.82, 2.24) is 5.43 Å². The minimum absolute atomic E-state index is 0.113. The maximum absolute atomic E-state index is 10.5. The van der Waals surface area contributed by atoms with Gasteiger partial charge in [-0.3, -0.25) is 4.79 Å². The van der Waals surface area contributed by atoms with E-state index in [1.54, 1.807) is 18.2 Å². The highest BCUT2D eigenvalue weighted by Gasteiger charge is 1.98. The first-order valence-corrected chi connectivity index (χ1v) is 4.67. The molecule has 0 aliphatic rings. The van der Waals surface area contributed by atoms with Crippen LogP contribution in [-0.2, 0) is 4.79 Å². The van der Waals surface area contributed by atoms with Crippen molar-refractivity contribution < 1.29 is 9.90 Å². The molecule has 2 N–H and O–H groups in total. The molecule has 0 fully saturated rings. The summed E-state index contributed by atoms with van der Waals surface area (Å²) in [6.07, 6.45) is 1.38. The second-order valence-corrected chi connectivity index (χ2v) is 3.55. The van der Waals surface area contributed by atoms with Crippen LogP contribution in [0.1, 0.15) is 12.5 Å². The van der Waals surface area contributed by atoms with Gasteiger partial charge < -0.3 is 5.11 Å². The third-order valence-corrected chi connectivity index (χ3v) is 1.91. The van der Waals surface area contributed by atoms with Gasteiger partial charge in [0.05, 0.1) is 6.21 Å². The second kappa shape index (κ2) is 4.76. The quantitative estimate of drug-likeness (QED) is 0.624. The van der Waals surface area contributed by atoms with Gasteiger partial charge in [0, 0.05) is 17.0 Å². The molecule has 0 aliphatic heterocycles. The van der Waals surface area contributed by atoms with Crippen LogP contribution in [0.25, 0.3) is 0 Å². The summed E-state index contributed by atoms with van der Waals surface area (Å²) in [6, 6.07) is 4.95. The van der Waals surface area contributed by atoms with E-state index in [1.807, 2.05) is 0 Å². The summed E-state index contributed by atoms with van der Waals surface area (Å²) in [5.74, 6) is -0.141. The van der Waals surface area contributed by atoms with Crippen molar-refractivity contribution in [1.29, 1.82) is 0 Å². The van der Waals surface area contributed by atoms with Gasteiger partial charge >= 0.3 is 0 Å². The fourth-order valence-electron chi connectivity index (χ4n) is 0.821. The maximum Gasteiger partial charge on any atom is 0.236 e. The van der Waals surface area contributed by atoms with Crippen molar-refractivity contribution in [2.75, 3.05) is 0 Å². The standard InChI is InChI=1S/C9H9BrN2O2/c1-6(13)12-11-5-7-4-8(10)2-3-9(7)14/h2-5,14H,1H3,(H,12,13). The van der Waals surface area contributed by atoms with Crippen molar-refractivity contribution in [2.45, 2.75) is 6.92 Å². The summed E-state index contributed by atoms with van der Waals surface area (Å²) in [5, 5.41) is 13.0. The topological polar surface area (TPSA) is 61.7 Å². The molecule has 1 rings (SSSR count). The maximum atomic E-state index is 10.5. The number of phenolic OH excluding ortho intramolecular Hbond substituents is 1. The first-order chi connectivity index (χ1) is 6.59. The molecule has 0 saturated heterocycles. The molecule has 0 heterocycles. The van der Waals surface area contributed by atoms with E-state index in [-0.39, 0.29) is 11.7 Å². The number of rotatable bonds is 2. The van der Waals surface area contributed by atoms with Crippen LogP contribution in [0.5, 0.6) is 5.75 Å². The van der Waals surface area contributed by atoms with Crippen LogP contribution in [0.3, 0.4) is 0 Å². The predicted octanol–water partition coefficient (Wildman–Crippen LogP) is 1.62. The van der Waals surface area contributed by atoms with Crippen LogP contribution >= 0.6 is 15.9 Å². The molecule has 0 bridgehead atoms. The highest BCUT2D eigenvalue weighted by atomic mass is 79.9. The molecule has 0 aromatic heterocycles. The Kier molecular flexibility index (Phi) is 3.64. The van der Waals surface area contributed by atoms with Crippen molar-refractivity contribution in [3.8, 4) is 5.75 Å². The Morgan fingerprint density at radius 1 is 1.64 bits per heavy atom. The number of hydrogen-bond donors (Lipinski definition) is 2. The summed E-state index contributed by atoms with van der Waals surface area (Å²) in [5.41, 5.74) is 2.78. The number of nitrogens with zero attached hydrogens (tertiary/aromatic N) is 1. The van der Waals surface area contributed by atoms with Crippen LogP contribution in [0.15, 0.2) is 27.8 Å². The van der Waals surface area contributed by atoms with E-state index >= 15 is 0 Å². The minimum atomic E-state index is -0.254. The number of hydrazone groups is 1. The van der Waals surface area contributed by atoms with E-state index in [2.05, 4.69) is 26.5 Å². The molecule has 1 amide bonds. The van der Waals surface area contributed by atoms with Crippen LogP contribution in [0.2, 0.25) is 0 Å². The van der Waals surface area contributed by atoms with Crippen LogP contribution in [0, 0.1) is 0 Å². The molecule has 0 radical (unpaired) electrons. The van der Waals surface area contributed by atoms with E-state index in [0.29, 0.717) is 5.56 Å². The summed E-state index contributed by atoms with van der Waals surface area (Å²) in [6.45, 7) is 1.36. The average molecular weight is 257 g/mol. The zero-order valence-electron chi connectivity index (χ0n) is 7.49. The van der Waals surface area contributed by atoms with Crippen molar-refractivity contribution in [3.63, 3.8) is 0 Å². The molecule has 0 atom stereocenters. The molecule has 0 aliphatic carbocycles. The lowest BCUT2D eigenvalue weighted by atomic mass is 10.2. The molecule has 4 nitrogen and oxygen atoms in total. The summed E-state index contributed by atoms with van der Waals surface area (Å²) in [7, 11) is 0. The Bertz CT molecular complexity index is 377. The molecule has 0 saturated carbocycles. The van der Waals surface area contributed by atoms with Gasteiger partial charge in [-0.15, -0.1) is 0 Å². The lowest BCUT2D eigenvalue weighted by Crippen LogP contribution is -2.12. The van der Waals surface area contributed by atoms with Gasteiger partial charge in [0.2, 0.25) is 5.91 Å². The van der Waals surface area contributed by atoms with Gasteiger partial charge in [-0.1, -0.05) is 15.9 Å².